The van der Waals surface area contributed by atoms with Gasteiger partial charge in [-0.15, -0.1) is 0 Å². The standard InChI is InChI=1S/C15H22ClFN2/c1-12(2)10-18-5-7-19(8-6-18)11-13-3-4-14(17)9-15(13)16/h3-4,9,12H,5-8,10-11H2,1-2H3. The Morgan fingerprint density at radius 1 is 1.16 bits per heavy atom. The van der Waals surface area contributed by atoms with Crippen LogP contribution < -0.4 is 0 Å². The van der Waals surface area contributed by atoms with Crippen LogP contribution in [0.3, 0.4) is 0 Å². The van der Waals surface area contributed by atoms with Crippen molar-refractivity contribution in [2.24, 2.45) is 5.92 Å². The van der Waals surface area contributed by atoms with E-state index in [1.807, 2.05) is 0 Å². The lowest BCUT2D eigenvalue weighted by atomic mass is 10.1. The highest BCUT2D eigenvalue weighted by molar-refractivity contribution is 6.31. The molecule has 106 valence electrons. The maximum Gasteiger partial charge on any atom is 0.124 e. The molecule has 1 aromatic rings. The van der Waals surface area contributed by atoms with Gasteiger partial charge in [-0.3, -0.25) is 4.90 Å². The molecule has 0 aromatic heterocycles. The Labute approximate surface area is 120 Å². The van der Waals surface area contributed by atoms with E-state index >= 15 is 0 Å². The topological polar surface area (TPSA) is 6.48 Å². The second-order valence-electron chi connectivity index (χ2n) is 5.71. The summed E-state index contributed by atoms with van der Waals surface area (Å²) in [5.41, 5.74) is 1.01. The van der Waals surface area contributed by atoms with Gasteiger partial charge < -0.3 is 4.90 Å². The van der Waals surface area contributed by atoms with Crippen molar-refractivity contribution in [3.8, 4) is 0 Å². The molecule has 0 saturated carbocycles. The molecule has 0 unspecified atom stereocenters. The lowest BCUT2D eigenvalue weighted by Gasteiger charge is -2.35. The summed E-state index contributed by atoms with van der Waals surface area (Å²) in [5.74, 6) is 0.452. The number of hydrogen-bond donors (Lipinski definition) is 0. The van der Waals surface area contributed by atoms with Crippen LogP contribution in [-0.4, -0.2) is 42.5 Å². The molecule has 0 amide bonds. The minimum Gasteiger partial charge on any atom is -0.301 e. The van der Waals surface area contributed by atoms with Crippen molar-refractivity contribution in [2.75, 3.05) is 32.7 Å². The normalized spacial score (nSPS) is 18.2. The van der Waals surface area contributed by atoms with Gasteiger partial charge >= 0.3 is 0 Å². The van der Waals surface area contributed by atoms with Gasteiger partial charge in [-0.2, -0.15) is 0 Å². The van der Waals surface area contributed by atoms with Crippen molar-refractivity contribution < 1.29 is 4.39 Å². The van der Waals surface area contributed by atoms with Crippen LogP contribution in [0.4, 0.5) is 4.39 Å². The first-order chi connectivity index (χ1) is 9.04. The Bertz CT molecular complexity index is 415. The third-order valence-electron chi connectivity index (χ3n) is 3.50. The summed E-state index contributed by atoms with van der Waals surface area (Å²) in [4.78, 5) is 4.89. The van der Waals surface area contributed by atoms with Gasteiger partial charge in [0, 0.05) is 44.3 Å². The Hall–Kier alpha value is -0.640. The molecule has 2 nitrogen and oxygen atoms in total. The average molecular weight is 285 g/mol. The van der Waals surface area contributed by atoms with Crippen molar-refractivity contribution in [3.05, 3.63) is 34.6 Å². The summed E-state index contributed by atoms with van der Waals surface area (Å²) in [7, 11) is 0. The summed E-state index contributed by atoms with van der Waals surface area (Å²) in [6, 6.07) is 4.67. The van der Waals surface area contributed by atoms with Gasteiger partial charge in [0.15, 0.2) is 0 Å². The van der Waals surface area contributed by atoms with E-state index in [-0.39, 0.29) is 5.82 Å². The first-order valence-electron chi connectivity index (χ1n) is 6.93. The highest BCUT2D eigenvalue weighted by atomic mass is 35.5. The molecule has 0 atom stereocenters. The number of piperazine rings is 1. The first-order valence-corrected chi connectivity index (χ1v) is 7.31. The lowest BCUT2D eigenvalue weighted by Crippen LogP contribution is -2.46. The number of halogens is 2. The molecule has 19 heavy (non-hydrogen) atoms. The zero-order chi connectivity index (χ0) is 13.8. The molecular formula is C15H22ClFN2. The van der Waals surface area contributed by atoms with Gasteiger partial charge in [-0.1, -0.05) is 31.5 Å². The fraction of sp³-hybridized carbons (Fsp3) is 0.600. The fourth-order valence-corrected chi connectivity index (χ4v) is 2.76. The van der Waals surface area contributed by atoms with Gasteiger partial charge in [0.1, 0.15) is 5.82 Å². The molecule has 0 spiro atoms. The zero-order valence-electron chi connectivity index (χ0n) is 11.7. The van der Waals surface area contributed by atoms with E-state index in [4.69, 9.17) is 11.6 Å². The van der Waals surface area contributed by atoms with Gasteiger partial charge in [0.25, 0.3) is 0 Å². The predicted molar refractivity (Wildman–Crippen MR) is 78.0 cm³/mol. The van der Waals surface area contributed by atoms with Gasteiger partial charge in [0.05, 0.1) is 0 Å². The van der Waals surface area contributed by atoms with E-state index < -0.39 is 0 Å². The number of hydrogen-bond acceptors (Lipinski definition) is 2. The number of benzene rings is 1. The van der Waals surface area contributed by atoms with Crippen LogP contribution in [0.2, 0.25) is 5.02 Å². The molecule has 2 rings (SSSR count). The largest absolute Gasteiger partial charge is 0.301 e. The Morgan fingerprint density at radius 2 is 1.79 bits per heavy atom. The molecule has 1 aromatic carbocycles. The van der Waals surface area contributed by atoms with Crippen molar-refractivity contribution >= 4 is 11.6 Å². The summed E-state index contributed by atoms with van der Waals surface area (Å²) in [5, 5.41) is 0.532. The van der Waals surface area contributed by atoms with Crippen LogP contribution in [0.25, 0.3) is 0 Å². The minimum atomic E-state index is -0.268. The maximum absolute atomic E-state index is 13.0. The molecule has 0 radical (unpaired) electrons. The minimum absolute atomic E-state index is 0.268. The van der Waals surface area contributed by atoms with Gasteiger partial charge in [-0.05, 0) is 23.6 Å². The molecule has 0 aliphatic carbocycles. The molecular weight excluding hydrogens is 263 g/mol. The van der Waals surface area contributed by atoms with Crippen molar-refractivity contribution in [3.63, 3.8) is 0 Å². The Balaban J connectivity index is 1.85. The SMILES string of the molecule is CC(C)CN1CCN(Cc2ccc(F)cc2Cl)CC1. The van der Waals surface area contributed by atoms with E-state index in [0.29, 0.717) is 5.02 Å². The van der Waals surface area contributed by atoms with Crippen molar-refractivity contribution in [1.82, 2.24) is 9.80 Å². The predicted octanol–water partition coefficient (Wildman–Crippen LogP) is 3.25. The first kappa shape index (κ1) is 14.8. The van der Waals surface area contributed by atoms with Crippen LogP contribution in [0.5, 0.6) is 0 Å². The molecule has 1 heterocycles. The summed E-state index contributed by atoms with van der Waals surface area (Å²) in [6.45, 7) is 10.8. The van der Waals surface area contributed by atoms with E-state index in [9.17, 15) is 4.39 Å². The second-order valence-corrected chi connectivity index (χ2v) is 6.11. The summed E-state index contributed by atoms with van der Waals surface area (Å²) in [6.07, 6.45) is 0. The van der Waals surface area contributed by atoms with Gasteiger partial charge in [-0.25, -0.2) is 4.39 Å². The van der Waals surface area contributed by atoms with E-state index in [0.717, 1.165) is 44.2 Å². The molecule has 4 heteroatoms. The van der Waals surface area contributed by atoms with E-state index in [1.54, 1.807) is 6.07 Å². The highest BCUT2D eigenvalue weighted by Gasteiger charge is 2.18. The summed E-state index contributed by atoms with van der Waals surface area (Å²) >= 11 is 6.07. The molecule has 1 aliphatic rings. The highest BCUT2D eigenvalue weighted by Crippen LogP contribution is 2.19. The Kier molecular flexibility index (Phi) is 5.20. The molecule has 1 fully saturated rings. The Morgan fingerprint density at radius 3 is 2.37 bits per heavy atom. The number of rotatable bonds is 4. The fourth-order valence-electron chi connectivity index (χ4n) is 2.54. The van der Waals surface area contributed by atoms with Crippen molar-refractivity contribution in [1.29, 1.82) is 0 Å². The average Bonchev–Trinajstić information content (AvgIpc) is 2.34. The molecule has 0 bridgehead atoms. The lowest BCUT2D eigenvalue weighted by molar-refractivity contribution is 0.117. The van der Waals surface area contributed by atoms with Crippen LogP contribution in [0, 0.1) is 11.7 Å². The van der Waals surface area contributed by atoms with Gasteiger partial charge in [0.2, 0.25) is 0 Å². The van der Waals surface area contributed by atoms with E-state index in [1.165, 1.54) is 18.7 Å². The molecule has 1 aliphatic heterocycles. The van der Waals surface area contributed by atoms with Crippen LogP contribution >= 0.6 is 11.6 Å². The zero-order valence-corrected chi connectivity index (χ0v) is 12.5. The van der Waals surface area contributed by atoms with Crippen molar-refractivity contribution in [2.45, 2.75) is 20.4 Å². The van der Waals surface area contributed by atoms with Crippen LogP contribution in [0.1, 0.15) is 19.4 Å². The third kappa shape index (κ3) is 4.44. The second kappa shape index (κ2) is 6.69. The molecule has 1 saturated heterocycles. The monoisotopic (exact) mass is 284 g/mol. The third-order valence-corrected chi connectivity index (χ3v) is 3.85. The molecule has 0 N–H and O–H groups in total. The van der Waals surface area contributed by atoms with Crippen LogP contribution in [-0.2, 0) is 6.54 Å². The van der Waals surface area contributed by atoms with Crippen LogP contribution in [0.15, 0.2) is 18.2 Å². The number of nitrogens with zero attached hydrogens (tertiary/aromatic N) is 2. The summed E-state index contributed by atoms with van der Waals surface area (Å²) < 4.78 is 13.0. The quantitative estimate of drug-likeness (QED) is 0.837. The smallest absolute Gasteiger partial charge is 0.124 e. The maximum atomic E-state index is 13.0. The van der Waals surface area contributed by atoms with E-state index in [2.05, 4.69) is 23.6 Å².